The van der Waals surface area contributed by atoms with Gasteiger partial charge in [0.15, 0.2) is 6.29 Å². The molecule has 1 atom stereocenters. The van der Waals surface area contributed by atoms with Crippen LogP contribution in [-0.4, -0.2) is 19.8 Å². The van der Waals surface area contributed by atoms with Gasteiger partial charge in [-0.15, -0.1) is 0 Å². The van der Waals surface area contributed by atoms with Gasteiger partial charge >= 0.3 is 0 Å². The van der Waals surface area contributed by atoms with Crippen molar-refractivity contribution in [1.29, 1.82) is 0 Å². The Bertz CT molecular complexity index is 543. The Morgan fingerprint density at radius 3 is 2.44 bits per heavy atom. The summed E-state index contributed by atoms with van der Waals surface area (Å²) in [5, 5.41) is 18.6. The molecule has 1 aromatic carbocycles. The minimum Gasteiger partial charge on any atom is -0.363 e. The summed E-state index contributed by atoms with van der Waals surface area (Å²) in [5.41, 5.74) is 0.854. The number of nitrogens with zero attached hydrogens (tertiary/aromatic N) is 2. The van der Waals surface area contributed by atoms with Crippen molar-refractivity contribution in [2.24, 2.45) is 0 Å². The molecular weight excluding hydrogens is 303 g/mol. The van der Waals surface area contributed by atoms with Crippen molar-refractivity contribution in [3.05, 3.63) is 52.3 Å². The molecule has 0 radical (unpaired) electrons. The summed E-state index contributed by atoms with van der Waals surface area (Å²) in [6.45, 7) is 1.76. The lowest BCUT2D eigenvalue weighted by Crippen LogP contribution is -2.15. The highest BCUT2D eigenvalue weighted by Crippen LogP contribution is 2.29. The molecule has 0 aliphatic carbocycles. The first kappa shape index (κ1) is 13.2. The normalized spacial score (nSPS) is 13.0. The van der Waals surface area contributed by atoms with Gasteiger partial charge in [0.25, 0.3) is 6.08 Å². The predicted octanol–water partition coefficient (Wildman–Crippen LogP) is 2.38. The van der Waals surface area contributed by atoms with E-state index in [0.29, 0.717) is 0 Å². The summed E-state index contributed by atoms with van der Waals surface area (Å²) in [7, 11) is 0. The molecule has 96 valence electrons. The lowest BCUT2D eigenvalue weighted by molar-refractivity contribution is -0.0499. The van der Waals surface area contributed by atoms with Crippen LogP contribution in [0.5, 0.6) is 0 Å². The molecule has 0 spiro atoms. The average Bonchev–Trinajstić information content (AvgIpc) is 2.64. The van der Waals surface area contributed by atoms with Crippen molar-refractivity contribution in [2.45, 2.75) is 19.3 Å². The summed E-state index contributed by atoms with van der Waals surface area (Å²) in [4.78, 5) is 3.57. The lowest BCUT2D eigenvalue weighted by Gasteiger charge is -2.18. The summed E-state index contributed by atoms with van der Waals surface area (Å²) in [6.07, 6.45) is -2.55. The van der Waals surface area contributed by atoms with Gasteiger partial charge in [0.2, 0.25) is 0 Å². The van der Waals surface area contributed by atoms with E-state index in [4.69, 9.17) is 0 Å². The van der Waals surface area contributed by atoms with Crippen LogP contribution in [0.2, 0.25) is 0 Å². The van der Waals surface area contributed by atoms with Crippen molar-refractivity contribution < 1.29 is 14.6 Å². The second-order valence-corrected chi connectivity index (χ2v) is 4.64. The summed E-state index contributed by atoms with van der Waals surface area (Å²) < 4.78 is 15.0. The first-order valence-corrected chi connectivity index (χ1v) is 6.16. The maximum absolute atomic E-state index is 13.8. The van der Waals surface area contributed by atoms with Crippen LogP contribution in [0.15, 0.2) is 34.9 Å². The highest BCUT2D eigenvalue weighted by atomic mass is 79.9. The number of aliphatic hydroxyl groups excluding tert-OH is 1. The topological polar surface area (TPSA) is 58.3 Å². The minimum absolute atomic E-state index is 0.00357. The van der Waals surface area contributed by atoms with E-state index < -0.39 is 12.4 Å². The van der Waals surface area contributed by atoms with Crippen LogP contribution in [0.1, 0.15) is 30.5 Å². The molecule has 2 aromatic rings. The molecular formula is C12H12BrFN2O2. The molecule has 1 heterocycles. The number of rotatable bonds is 3. The van der Waals surface area contributed by atoms with Gasteiger partial charge < -0.3 is 10.2 Å². The first-order chi connectivity index (χ1) is 8.52. The van der Waals surface area contributed by atoms with E-state index in [9.17, 15) is 14.6 Å². The molecule has 0 saturated heterocycles. The number of benzene rings is 1. The Morgan fingerprint density at radius 2 is 1.89 bits per heavy atom. The number of imidazole rings is 1. The van der Waals surface area contributed by atoms with Crippen LogP contribution in [0, 0.1) is 6.08 Å². The van der Waals surface area contributed by atoms with Crippen molar-refractivity contribution in [3.8, 4) is 0 Å². The van der Waals surface area contributed by atoms with Crippen LogP contribution in [0.3, 0.4) is 0 Å². The largest absolute Gasteiger partial charge is 0.363 e. The fourth-order valence-corrected chi connectivity index (χ4v) is 2.41. The van der Waals surface area contributed by atoms with Gasteiger partial charge in [0.1, 0.15) is 10.3 Å². The fraction of sp³-hybridized carbons (Fsp3) is 0.250. The lowest BCUT2D eigenvalue weighted by atomic mass is 10.1. The van der Waals surface area contributed by atoms with Gasteiger partial charge in [-0.1, -0.05) is 30.3 Å². The zero-order valence-electron chi connectivity index (χ0n) is 9.59. The summed E-state index contributed by atoms with van der Waals surface area (Å²) >= 11 is 3.02. The van der Waals surface area contributed by atoms with Gasteiger partial charge in [-0.2, -0.15) is 9.37 Å². The molecule has 0 fully saturated rings. The molecule has 18 heavy (non-hydrogen) atoms. The number of halogens is 2. The van der Waals surface area contributed by atoms with Crippen molar-refractivity contribution in [2.75, 3.05) is 0 Å². The Labute approximate surface area is 112 Å². The van der Waals surface area contributed by atoms with E-state index in [-0.39, 0.29) is 16.3 Å². The summed E-state index contributed by atoms with van der Waals surface area (Å²) in [5.74, 6) is 0. The van der Waals surface area contributed by atoms with Crippen LogP contribution < -0.4 is 0 Å². The van der Waals surface area contributed by atoms with Crippen molar-refractivity contribution in [1.82, 2.24) is 9.55 Å². The molecule has 4 nitrogen and oxygen atoms in total. The second-order valence-electron chi connectivity index (χ2n) is 3.89. The number of aromatic nitrogens is 2. The molecule has 2 N–H and O–H groups in total. The van der Waals surface area contributed by atoms with Gasteiger partial charge in [-0.05, 0) is 28.4 Å². The minimum atomic E-state index is -1.79. The molecule has 0 saturated carbocycles. The zero-order chi connectivity index (χ0) is 13.3. The SMILES string of the molecule is C[C@H](c1ccccc1)n1c(F)nc(Br)c1C(O)O. The predicted molar refractivity (Wildman–Crippen MR) is 67.3 cm³/mol. The van der Waals surface area contributed by atoms with E-state index >= 15 is 0 Å². The second kappa shape index (κ2) is 5.17. The molecule has 1 aromatic heterocycles. The molecule has 0 unspecified atom stereocenters. The van der Waals surface area contributed by atoms with Crippen LogP contribution in [0.4, 0.5) is 4.39 Å². The van der Waals surface area contributed by atoms with E-state index in [0.717, 1.165) is 10.1 Å². The Hall–Kier alpha value is -1.24. The molecule has 2 rings (SSSR count). The monoisotopic (exact) mass is 314 g/mol. The Morgan fingerprint density at radius 1 is 1.28 bits per heavy atom. The number of aliphatic hydroxyl groups is 2. The van der Waals surface area contributed by atoms with Crippen molar-refractivity contribution >= 4 is 15.9 Å². The van der Waals surface area contributed by atoms with Crippen molar-refractivity contribution in [3.63, 3.8) is 0 Å². The third-order valence-electron chi connectivity index (χ3n) is 2.77. The third-order valence-corrected chi connectivity index (χ3v) is 3.36. The highest BCUT2D eigenvalue weighted by Gasteiger charge is 2.24. The van der Waals surface area contributed by atoms with Crippen LogP contribution in [-0.2, 0) is 0 Å². The molecule has 0 bridgehead atoms. The Balaban J connectivity index is 2.51. The van der Waals surface area contributed by atoms with Gasteiger partial charge in [0, 0.05) is 0 Å². The van der Waals surface area contributed by atoms with Crippen LogP contribution >= 0.6 is 15.9 Å². The average molecular weight is 315 g/mol. The van der Waals surface area contributed by atoms with E-state index in [1.54, 1.807) is 6.92 Å². The smallest absolute Gasteiger partial charge is 0.291 e. The van der Waals surface area contributed by atoms with Gasteiger partial charge in [0.05, 0.1) is 6.04 Å². The number of hydrogen-bond acceptors (Lipinski definition) is 3. The maximum atomic E-state index is 13.8. The van der Waals surface area contributed by atoms with E-state index in [1.165, 1.54) is 0 Å². The summed E-state index contributed by atoms with van der Waals surface area (Å²) in [6, 6.07) is 8.83. The van der Waals surface area contributed by atoms with E-state index in [1.807, 2.05) is 30.3 Å². The standard InChI is InChI=1S/C12H12BrFN2O2/c1-7(8-5-3-2-4-6-8)16-9(11(17)18)10(13)15-12(16)14/h2-7,11,17-18H,1H3/t7-/m1/s1. The maximum Gasteiger partial charge on any atom is 0.291 e. The molecule has 0 aliphatic heterocycles. The zero-order valence-corrected chi connectivity index (χ0v) is 11.2. The molecule has 0 aliphatic rings. The molecule has 6 heteroatoms. The molecule has 0 amide bonds. The van der Waals surface area contributed by atoms with Gasteiger partial charge in [-0.25, -0.2) is 0 Å². The quantitative estimate of drug-likeness (QED) is 0.855. The van der Waals surface area contributed by atoms with Crippen LogP contribution in [0.25, 0.3) is 0 Å². The third kappa shape index (κ3) is 2.31. The Kier molecular flexibility index (Phi) is 3.79. The highest BCUT2D eigenvalue weighted by molar-refractivity contribution is 9.10. The fourth-order valence-electron chi connectivity index (χ4n) is 1.87. The first-order valence-electron chi connectivity index (χ1n) is 5.36. The number of hydrogen-bond donors (Lipinski definition) is 2. The van der Waals surface area contributed by atoms with E-state index in [2.05, 4.69) is 20.9 Å². The van der Waals surface area contributed by atoms with Gasteiger partial charge in [-0.3, -0.25) is 4.57 Å².